The monoisotopic (exact) mass is 357 g/mol. The Morgan fingerprint density at radius 1 is 1.22 bits per heavy atom. The number of carbonyl (C=O) groups is 2. The van der Waals surface area contributed by atoms with E-state index in [9.17, 15) is 22.4 Å². The predicted molar refractivity (Wildman–Crippen MR) is 84.3 cm³/mol. The van der Waals surface area contributed by atoms with Gasteiger partial charge in [0.05, 0.1) is 11.3 Å². The van der Waals surface area contributed by atoms with Crippen LogP contribution in [0.3, 0.4) is 0 Å². The largest absolute Gasteiger partial charge is 0.324 e. The summed E-state index contributed by atoms with van der Waals surface area (Å²) in [7, 11) is -3.87. The summed E-state index contributed by atoms with van der Waals surface area (Å²) in [6.45, 7) is 1.23. The van der Waals surface area contributed by atoms with Crippen molar-refractivity contribution in [3.63, 3.8) is 0 Å². The lowest BCUT2D eigenvalue weighted by Gasteiger charge is -2.08. The molecule has 4 N–H and O–H groups in total. The van der Waals surface area contributed by atoms with Crippen molar-refractivity contribution in [2.24, 2.45) is 5.14 Å². The molecule has 1 aromatic heterocycles. The molecule has 1 heterocycles. The molecule has 0 unspecified atom stereocenters. The molecule has 0 saturated carbocycles. The number of primary sulfonamides is 1. The van der Waals surface area contributed by atoms with Gasteiger partial charge in [0.2, 0.25) is 15.9 Å². The van der Waals surface area contributed by atoms with Gasteiger partial charge < -0.3 is 10.6 Å². The second kappa shape index (κ2) is 6.44. The lowest BCUT2D eigenvalue weighted by molar-refractivity contribution is -0.114. The maximum absolute atomic E-state index is 13.5. The Morgan fingerprint density at radius 3 is 2.48 bits per heavy atom. The number of halogens is 1. The minimum Gasteiger partial charge on any atom is -0.324 e. The molecule has 0 spiro atoms. The van der Waals surface area contributed by atoms with Crippen molar-refractivity contribution in [1.29, 1.82) is 0 Å². The van der Waals surface area contributed by atoms with E-state index in [4.69, 9.17) is 5.14 Å². The molecular weight excluding hydrogens is 345 g/mol. The van der Waals surface area contributed by atoms with Gasteiger partial charge in [0.25, 0.3) is 5.91 Å². The number of benzene rings is 1. The number of carbonyl (C=O) groups excluding carboxylic acids is 2. The van der Waals surface area contributed by atoms with Gasteiger partial charge in [-0.15, -0.1) is 11.3 Å². The summed E-state index contributed by atoms with van der Waals surface area (Å²) in [6.07, 6.45) is 0. The summed E-state index contributed by atoms with van der Waals surface area (Å²) < 4.78 is 35.8. The first-order valence-electron chi connectivity index (χ1n) is 6.16. The van der Waals surface area contributed by atoms with Crippen LogP contribution in [0.2, 0.25) is 0 Å². The third-order valence-corrected chi connectivity index (χ3v) is 5.04. The number of hydrogen-bond acceptors (Lipinski definition) is 5. The average Bonchev–Trinajstić information content (AvgIpc) is 2.91. The van der Waals surface area contributed by atoms with Crippen LogP contribution in [0.5, 0.6) is 0 Å². The van der Waals surface area contributed by atoms with Crippen LogP contribution in [0.1, 0.15) is 17.3 Å². The fraction of sp³-hybridized carbons (Fsp3) is 0.0769. The normalized spacial score (nSPS) is 11.1. The van der Waals surface area contributed by atoms with E-state index in [0.717, 1.165) is 23.5 Å². The van der Waals surface area contributed by atoms with Crippen molar-refractivity contribution >= 4 is 44.5 Å². The van der Waals surface area contributed by atoms with Gasteiger partial charge >= 0.3 is 0 Å². The molecule has 1 aromatic carbocycles. The molecule has 0 radical (unpaired) electrons. The van der Waals surface area contributed by atoms with Gasteiger partial charge in [-0.25, -0.2) is 17.9 Å². The molecule has 0 saturated heterocycles. The summed E-state index contributed by atoms with van der Waals surface area (Å²) in [4.78, 5) is 23.0. The van der Waals surface area contributed by atoms with Crippen molar-refractivity contribution in [3.05, 3.63) is 41.0 Å². The summed E-state index contributed by atoms with van der Waals surface area (Å²) in [6, 6.07) is 4.80. The molecule has 2 amide bonds. The van der Waals surface area contributed by atoms with Gasteiger partial charge in [-0.3, -0.25) is 9.59 Å². The molecule has 0 aliphatic heterocycles. The van der Waals surface area contributed by atoms with E-state index in [2.05, 4.69) is 10.6 Å². The van der Waals surface area contributed by atoms with E-state index in [-0.39, 0.29) is 21.1 Å². The molecule has 0 fully saturated rings. The zero-order valence-electron chi connectivity index (χ0n) is 11.8. The van der Waals surface area contributed by atoms with Gasteiger partial charge in [0.15, 0.2) is 0 Å². The van der Waals surface area contributed by atoms with Crippen LogP contribution in [0.25, 0.3) is 0 Å². The Balaban J connectivity index is 2.20. The van der Waals surface area contributed by atoms with Crippen LogP contribution in [-0.4, -0.2) is 20.2 Å². The van der Waals surface area contributed by atoms with Crippen LogP contribution in [0, 0.1) is 5.82 Å². The first-order chi connectivity index (χ1) is 10.7. The zero-order chi connectivity index (χ0) is 17.2. The minimum atomic E-state index is -3.87. The number of sulfonamides is 1. The second-order valence-corrected chi connectivity index (χ2v) is 7.23. The number of thiophene rings is 1. The minimum absolute atomic E-state index is 0.0779. The number of nitrogens with two attached hydrogens (primary N) is 1. The first kappa shape index (κ1) is 17.1. The van der Waals surface area contributed by atoms with Crippen molar-refractivity contribution in [1.82, 2.24) is 0 Å². The number of anilines is 2. The van der Waals surface area contributed by atoms with E-state index in [1.165, 1.54) is 24.4 Å². The molecule has 10 heteroatoms. The van der Waals surface area contributed by atoms with Crippen molar-refractivity contribution < 1.29 is 22.4 Å². The highest BCUT2D eigenvalue weighted by Crippen LogP contribution is 2.22. The van der Waals surface area contributed by atoms with Gasteiger partial charge in [-0.05, 0) is 24.3 Å². The predicted octanol–water partition coefficient (Wildman–Crippen LogP) is 1.75. The molecule has 2 rings (SSSR count). The van der Waals surface area contributed by atoms with E-state index in [0.29, 0.717) is 0 Å². The molecule has 0 aliphatic rings. The number of hydrogen-bond donors (Lipinski definition) is 3. The Morgan fingerprint density at radius 2 is 1.91 bits per heavy atom. The summed E-state index contributed by atoms with van der Waals surface area (Å²) in [5.41, 5.74) is 0.263. The number of rotatable bonds is 4. The Bertz CT molecular complexity index is 877. The lowest BCUT2D eigenvalue weighted by atomic mass is 10.2. The van der Waals surface area contributed by atoms with Crippen LogP contribution in [-0.2, 0) is 14.8 Å². The Labute approximate surface area is 135 Å². The number of amides is 2. The second-order valence-electron chi connectivity index (χ2n) is 4.53. The third kappa shape index (κ3) is 4.34. The maximum Gasteiger partial charge on any atom is 0.256 e. The molecular formula is C13H12FN3O4S2. The maximum atomic E-state index is 13.5. The van der Waals surface area contributed by atoms with Crippen molar-refractivity contribution in [3.8, 4) is 0 Å². The van der Waals surface area contributed by atoms with Crippen LogP contribution in [0.4, 0.5) is 15.8 Å². The van der Waals surface area contributed by atoms with E-state index < -0.39 is 27.7 Å². The molecule has 2 aromatic rings. The van der Waals surface area contributed by atoms with Gasteiger partial charge in [0, 0.05) is 18.0 Å². The zero-order valence-corrected chi connectivity index (χ0v) is 13.4. The van der Waals surface area contributed by atoms with Crippen LogP contribution < -0.4 is 15.8 Å². The Kier molecular flexibility index (Phi) is 4.78. The molecule has 122 valence electrons. The van der Waals surface area contributed by atoms with Crippen molar-refractivity contribution in [2.45, 2.75) is 11.1 Å². The highest BCUT2D eigenvalue weighted by molar-refractivity contribution is 7.91. The molecule has 0 atom stereocenters. The summed E-state index contributed by atoms with van der Waals surface area (Å²) in [5.74, 6) is -1.69. The molecule has 7 nitrogen and oxygen atoms in total. The van der Waals surface area contributed by atoms with Crippen molar-refractivity contribution in [2.75, 3.05) is 10.6 Å². The molecule has 0 aliphatic carbocycles. The summed E-state index contributed by atoms with van der Waals surface area (Å²) >= 11 is 0.819. The van der Waals surface area contributed by atoms with Gasteiger partial charge in [-0.1, -0.05) is 0 Å². The highest BCUT2D eigenvalue weighted by Gasteiger charge is 2.16. The Hall–Kier alpha value is -2.30. The SMILES string of the molecule is CC(=O)Nc1cc(NC(=O)c2csc(S(N)(=O)=O)c2)ccc1F. The fourth-order valence-corrected chi connectivity index (χ4v) is 3.26. The first-order valence-corrected chi connectivity index (χ1v) is 8.59. The average molecular weight is 357 g/mol. The van der Waals surface area contributed by atoms with Gasteiger partial charge in [0.1, 0.15) is 10.0 Å². The lowest BCUT2D eigenvalue weighted by Crippen LogP contribution is -2.13. The summed E-state index contributed by atoms with van der Waals surface area (Å²) in [5, 5.41) is 11.1. The van der Waals surface area contributed by atoms with E-state index in [1.807, 2.05) is 0 Å². The third-order valence-electron chi connectivity index (χ3n) is 2.65. The quantitative estimate of drug-likeness (QED) is 0.772. The van der Waals surface area contributed by atoms with E-state index in [1.54, 1.807) is 0 Å². The smallest absolute Gasteiger partial charge is 0.256 e. The standard InChI is InChI=1S/C13H12FN3O4S2/c1-7(18)16-11-5-9(2-3-10(11)14)17-13(19)8-4-12(22-6-8)23(15,20)21/h2-6H,1H3,(H,16,18)(H,17,19)(H2,15,20,21). The molecule has 0 bridgehead atoms. The highest BCUT2D eigenvalue weighted by atomic mass is 32.2. The van der Waals surface area contributed by atoms with Gasteiger partial charge in [-0.2, -0.15) is 0 Å². The van der Waals surface area contributed by atoms with E-state index >= 15 is 0 Å². The van der Waals surface area contributed by atoms with Crippen LogP contribution >= 0.6 is 11.3 Å². The van der Waals surface area contributed by atoms with Crippen LogP contribution in [0.15, 0.2) is 33.9 Å². The topological polar surface area (TPSA) is 118 Å². The number of nitrogens with one attached hydrogen (secondary N) is 2. The fourth-order valence-electron chi connectivity index (χ4n) is 1.68. The molecule has 23 heavy (non-hydrogen) atoms.